The summed E-state index contributed by atoms with van der Waals surface area (Å²) in [5.74, 6) is 2.87. The molecule has 436 valence electrons. The lowest BCUT2D eigenvalue weighted by atomic mass is 9.85. The number of benzene rings is 15. The number of hydrogen-bond acceptors (Lipinski definition) is 4. The zero-order chi connectivity index (χ0) is 61.8. The summed E-state index contributed by atoms with van der Waals surface area (Å²) in [6.07, 6.45) is 0.781. The lowest BCUT2D eigenvalue weighted by molar-refractivity contribution is 0.908. The summed E-state index contributed by atoms with van der Waals surface area (Å²) in [4.78, 5) is 20.8. The minimum absolute atomic E-state index is 0.611. The van der Waals surface area contributed by atoms with Crippen LogP contribution < -0.4 is 0 Å². The SMILES string of the molecule is CCc1nc2ccc(-c3cccc(-c4c5ccccc5c(-c5cccc(-c6nc(-c7ccccc7)nc(-c7cccc(-c8ccccc8)c7)n6)c5)c5ccccc45)c3)cc2n1-c1ccc(-c2c3ccccc3c(-c3ccc(-c4ccccc4)cc3)c3ccccc23)cc1. The van der Waals surface area contributed by atoms with Crippen LogP contribution in [0, 0.1) is 0 Å². The van der Waals surface area contributed by atoms with E-state index < -0.39 is 0 Å². The van der Waals surface area contributed by atoms with E-state index in [2.05, 4.69) is 315 Å². The largest absolute Gasteiger partial charge is 0.296 e. The standard InChI is InChI=1S/C88H59N5/c1-2-81-89-79-52-49-65(56-80(79)93(81)70-50-47-61(48-51-70)83-73-37-14-12-35-71(73)82(72-36-13-15-38-74(72)83)60-45-43-59(44-46-60)57-23-6-3-7-24-57)64-30-20-31-66(53-64)84-75-39-16-18-41-77(75)85(78-42-19-17-40-76(78)84)67-32-22-34-69(55-67)88-91-86(62-27-10-5-11-28-62)90-87(92-88)68-33-21-29-63(54-68)58-25-8-4-9-26-58/h3-56H,2H2,1H3. The van der Waals surface area contributed by atoms with Gasteiger partial charge in [0.25, 0.3) is 0 Å². The molecule has 5 nitrogen and oxygen atoms in total. The third-order valence-corrected chi connectivity index (χ3v) is 18.4. The molecule has 0 N–H and O–H groups in total. The van der Waals surface area contributed by atoms with Gasteiger partial charge in [-0.15, -0.1) is 0 Å². The highest BCUT2D eigenvalue weighted by molar-refractivity contribution is 6.23. The Morgan fingerprint density at radius 2 is 0.516 bits per heavy atom. The first-order chi connectivity index (χ1) is 46.1. The van der Waals surface area contributed by atoms with Crippen LogP contribution in [0.5, 0.6) is 0 Å². The molecule has 0 unspecified atom stereocenters. The van der Waals surface area contributed by atoms with Crippen LogP contribution in [0.15, 0.2) is 328 Å². The first kappa shape index (κ1) is 54.9. The van der Waals surface area contributed by atoms with Crippen molar-refractivity contribution in [2.24, 2.45) is 0 Å². The van der Waals surface area contributed by atoms with E-state index in [1.54, 1.807) is 0 Å². The van der Waals surface area contributed by atoms with Crippen LogP contribution in [0.3, 0.4) is 0 Å². The number of rotatable bonds is 12. The predicted molar refractivity (Wildman–Crippen MR) is 388 cm³/mol. The zero-order valence-corrected chi connectivity index (χ0v) is 51.1. The maximum atomic E-state index is 5.25. The first-order valence-electron chi connectivity index (χ1n) is 31.9. The van der Waals surface area contributed by atoms with Gasteiger partial charge in [-0.3, -0.25) is 4.57 Å². The molecule has 5 heteroatoms. The Hall–Kier alpha value is -12.2. The average molecular weight is 1190 g/mol. The van der Waals surface area contributed by atoms with Crippen molar-refractivity contribution in [1.29, 1.82) is 0 Å². The first-order valence-corrected chi connectivity index (χ1v) is 31.9. The maximum Gasteiger partial charge on any atom is 0.164 e. The van der Waals surface area contributed by atoms with E-state index in [0.717, 1.165) is 84.6 Å². The fraction of sp³-hybridized carbons (Fsp3) is 0.0227. The quantitative estimate of drug-likeness (QED) is 0.114. The Balaban J connectivity index is 0.731. The third kappa shape index (κ3) is 9.91. The van der Waals surface area contributed by atoms with Gasteiger partial charge < -0.3 is 0 Å². The maximum absolute atomic E-state index is 5.25. The van der Waals surface area contributed by atoms with Gasteiger partial charge in [-0.1, -0.05) is 292 Å². The number of aryl methyl sites for hydroxylation is 1. The van der Waals surface area contributed by atoms with E-state index in [0.29, 0.717) is 17.5 Å². The van der Waals surface area contributed by atoms with E-state index in [-0.39, 0.29) is 0 Å². The number of nitrogens with zero attached hydrogens (tertiary/aromatic N) is 5. The number of hydrogen-bond donors (Lipinski definition) is 0. The molecular formula is C88H59N5. The molecule has 0 bridgehead atoms. The van der Waals surface area contributed by atoms with E-state index >= 15 is 0 Å². The van der Waals surface area contributed by atoms with E-state index in [1.807, 2.05) is 24.3 Å². The molecule has 0 fully saturated rings. The van der Waals surface area contributed by atoms with Gasteiger partial charge in [0.1, 0.15) is 5.82 Å². The monoisotopic (exact) mass is 1190 g/mol. The van der Waals surface area contributed by atoms with Crippen molar-refractivity contribution in [3.05, 3.63) is 333 Å². The Bertz CT molecular complexity index is 5590. The van der Waals surface area contributed by atoms with Crippen LogP contribution in [0.1, 0.15) is 12.7 Å². The van der Waals surface area contributed by atoms with Crippen LogP contribution in [0.25, 0.3) is 172 Å². The summed E-state index contributed by atoms with van der Waals surface area (Å²) in [5, 5.41) is 9.62. The molecule has 0 saturated heterocycles. The second-order valence-corrected chi connectivity index (χ2v) is 23.9. The molecule has 0 amide bonds. The molecule has 2 heterocycles. The lowest BCUT2D eigenvalue weighted by Gasteiger charge is -2.19. The van der Waals surface area contributed by atoms with Crippen molar-refractivity contribution < 1.29 is 0 Å². The van der Waals surface area contributed by atoms with Crippen LogP contribution >= 0.6 is 0 Å². The highest BCUT2D eigenvalue weighted by Crippen LogP contribution is 2.47. The van der Waals surface area contributed by atoms with Gasteiger partial charge >= 0.3 is 0 Å². The van der Waals surface area contributed by atoms with Crippen LogP contribution in [0.2, 0.25) is 0 Å². The summed E-state index contributed by atoms with van der Waals surface area (Å²) in [6, 6.07) is 118. The lowest BCUT2D eigenvalue weighted by Crippen LogP contribution is -2.00. The second-order valence-electron chi connectivity index (χ2n) is 23.9. The highest BCUT2D eigenvalue weighted by Gasteiger charge is 2.22. The van der Waals surface area contributed by atoms with E-state index in [9.17, 15) is 0 Å². The van der Waals surface area contributed by atoms with Crippen molar-refractivity contribution in [1.82, 2.24) is 24.5 Å². The molecule has 0 spiro atoms. The molecule has 17 aromatic rings. The number of fused-ring (bicyclic) bond motifs is 5. The average Bonchev–Trinajstić information content (AvgIpc) is 1.17. The molecule has 15 aromatic carbocycles. The fourth-order valence-corrected chi connectivity index (χ4v) is 14.1. The minimum atomic E-state index is 0.611. The van der Waals surface area contributed by atoms with Crippen molar-refractivity contribution in [2.75, 3.05) is 0 Å². The molecule has 0 aliphatic carbocycles. The Kier molecular flexibility index (Phi) is 13.8. The van der Waals surface area contributed by atoms with Crippen molar-refractivity contribution in [3.8, 4) is 118 Å². The molecule has 0 atom stereocenters. The minimum Gasteiger partial charge on any atom is -0.296 e. The van der Waals surface area contributed by atoms with E-state index in [4.69, 9.17) is 19.9 Å². The second kappa shape index (κ2) is 23.3. The summed E-state index contributed by atoms with van der Waals surface area (Å²) < 4.78 is 2.35. The highest BCUT2D eigenvalue weighted by atomic mass is 15.1. The van der Waals surface area contributed by atoms with Gasteiger partial charge in [-0.05, 0) is 163 Å². The van der Waals surface area contributed by atoms with Crippen LogP contribution in [0.4, 0.5) is 0 Å². The Morgan fingerprint density at radius 3 is 0.968 bits per heavy atom. The Labute approximate surface area is 539 Å². The van der Waals surface area contributed by atoms with Gasteiger partial charge in [0.2, 0.25) is 0 Å². The molecule has 0 saturated carbocycles. The van der Waals surface area contributed by atoms with E-state index in [1.165, 1.54) is 82.0 Å². The molecule has 93 heavy (non-hydrogen) atoms. The summed E-state index contributed by atoms with van der Waals surface area (Å²) in [6.45, 7) is 2.20. The normalized spacial score (nSPS) is 11.5. The number of aromatic nitrogens is 5. The third-order valence-electron chi connectivity index (χ3n) is 18.4. The van der Waals surface area contributed by atoms with Gasteiger partial charge in [0, 0.05) is 28.8 Å². The summed E-state index contributed by atoms with van der Waals surface area (Å²) in [5.41, 5.74) is 22.3. The van der Waals surface area contributed by atoms with Crippen molar-refractivity contribution in [3.63, 3.8) is 0 Å². The fourth-order valence-electron chi connectivity index (χ4n) is 14.1. The van der Waals surface area contributed by atoms with Gasteiger partial charge in [-0.25, -0.2) is 19.9 Å². The smallest absolute Gasteiger partial charge is 0.164 e. The van der Waals surface area contributed by atoms with Gasteiger partial charge in [0.15, 0.2) is 17.5 Å². The molecular weight excluding hydrogens is 1130 g/mol. The number of imidazole rings is 1. The zero-order valence-electron chi connectivity index (χ0n) is 51.1. The van der Waals surface area contributed by atoms with Crippen LogP contribution in [-0.4, -0.2) is 24.5 Å². The molecule has 17 rings (SSSR count). The van der Waals surface area contributed by atoms with Crippen molar-refractivity contribution in [2.45, 2.75) is 13.3 Å². The van der Waals surface area contributed by atoms with Gasteiger partial charge in [0.05, 0.1) is 11.0 Å². The summed E-state index contributed by atoms with van der Waals surface area (Å²) in [7, 11) is 0. The predicted octanol–water partition coefficient (Wildman–Crippen LogP) is 23.1. The Morgan fingerprint density at radius 1 is 0.226 bits per heavy atom. The summed E-state index contributed by atoms with van der Waals surface area (Å²) >= 11 is 0. The van der Waals surface area contributed by atoms with Crippen LogP contribution in [-0.2, 0) is 6.42 Å². The van der Waals surface area contributed by atoms with Gasteiger partial charge in [-0.2, -0.15) is 0 Å². The van der Waals surface area contributed by atoms with Crippen molar-refractivity contribution >= 4 is 54.1 Å². The molecule has 0 aliphatic heterocycles. The molecule has 2 aromatic heterocycles. The molecule has 0 radical (unpaired) electrons. The molecule has 0 aliphatic rings. The topological polar surface area (TPSA) is 56.5 Å².